The Bertz CT molecular complexity index is 522. The highest BCUT2D eigenvalue weighted by Crippen LogP contribution is 2.32. The lowest BCUT2D eigenvalue weighted by atomic mass is 9.92. The first-order chi connectivity index (χ1) is 9.25. The Balaban J connectivity index is 0. The number of nitrogens with two attached hydrogens (primary N) is 2. The Morgan fingerprint density at radius 2 is 1.18 bits per heavy atom. The molecule has 0 atom stereocenters. The minimum Gasteiger partial charge on any atom is -0.507 e. The van der Waals surface area contributed by atoms with Gasteiger partial charge in [-0.2, -0.15) is 0 Å². The van der Waals surface area contributed by atoms with E-state index in [2.05, 4.69) is 10.6 Å². The third-order valence-electron chi connectivity index (χ3n) is 3.40. The molecule has 0 saturated carbocycles. The van der Waals surface area contributed by atoms with Crippen LogP contribution in [0, 0.1) is 20.8 Å². The van der Waals surface area contributed by atoms with Gasteiger partial charge in [-0.3, -0.25) is 0 Å². The predicted octanol–water partition coefficient (Wildman–Crippen LogP) is 1.83. The van der Waals surface area contributed by atoms with E-state index in [-0.39, 0.29) is 40.8 Å². The van der Waals surface area contributed by atoms with Crippen LogP contribution in [0.1, 0.15) is 27.8 Å². The Hall–Kier alpha value is -1.02. The van der Waals surface area contributed by atoms with Crippen molar-refractivity contribution < 1.29 is 5.11 Å². The van der Waals surface area contributed by atoms with Gasteiger partial charge in [-0.05, 0) is 73.0 Å². The first kappa shape index (κ1) is 23.2. The molecular formula is C13H22Cl2N4OS2. The van der Waals surface area contributed by atoms with Gasteiger partial charge >= 0.3 is 0 Å². The molecule has 9 heteroatoms. The van der Waals surface area contributed by atoms with Crippen LogP contribution in [0.3, 0.4) is 0 Å². The fourth-order valence-electron chi connectivity index (χ4n) is 2.19. The molecule has 126 valence electrons. The molecule has 7 N–H and O–H groups in total. The molecule has 0 radical (unpaired) electrons. The summed E-state index contributed by atoms with van der Waals surface area (Å²) in [6, 6.07) is 0. The molecule has 0 aliphatic rings. The normalized spacial score (nSPS) is 9.23. The summed E-state index contributed by atoms with van der Waals surface area (Å²) in [4.78, 5) is 0. The van der Waals surface area contributed by atoms with Gasteiger partial charge in [0, 0.05) is 13.1 Å². The van der Waals surface area contributed by atoms with E-state index in [1.165, 1.54) is 0 Å². The number of halogens is 2. The zero-order valence-electron chi connectivity index (χ0n) is 12.6. The molecule has 0 fully saturated rings. The highest BCUT2D eigenvalue weighted by atomic mass is 35.5. The Kier molecular flexibility index (Phi) is 10.4. The van der Waals surface area contributed by atoms with E-state index in [9.17, 15) is 5.11 Å². The van der Waals surface area contributed by atoms with Crippen molar-refractivity contribution in [2.75, 3.05) is 0 Å². The average molecular weight is 385 g/mol. The Morgan fingerprint density at radius 1 is 0.864 bits per heavy atom. The lowest BCUT2D eigenvalue weighted by Gasteiger charge is -2.20. The number of aromatic hydroxyl groups is 1. The largest absolute Gasteiger partial charge is 0.507 e. The van der Waals surface area contributed by atoms with Crippen molar-refractivity contribution in [1.29, 1.82) is 0 Å². The second-order valence-corrected chi connectivity index (χ2v) is 5.50. The molecule has 0 amide bonds. The summed E-state index contributed by atoms with van der Waals surface area (Å²) in [5.41, 5.74) is 15.6. The van der Waals surface area contributed by atoms with Crippen LogP contribution in [0.25, 0.3) is 0 Å². The summed E-state index contributed by atoms with van der Waals surface area (Å²) in [5.74, 6) is 0.273. The van der Waals surface area contributed by atoms with E-state index in [4.69, 9.17) is 35.9 Å². The van der Waals surface area contributed by atoms with E-state index in [0.29, 0.717) is 13.1 Å². The summed E-state index contributed by atoms with van der Waals surface area (Å²) in [7, 11) is 0. The monoisotopic (exact) mass is 384 g/mol. The first-order valence-corrected chi connectivity index (χ1v) is 6.94. The van der Waals surface area contributed by atoms with E-state index < -0.39 is 0 Å². The van der Waals surface area contributed by atoms with Gasteiger partial charge < -0.3 is 27.2 Å². The van der Waals surface area contributed by atoms with Crippen LogP contribution in [0.4, 0.5) is 0 Å². The summed E-state index contributed by atoms with van der Waals surface area (Å²) >= 11 is 9.63. The molecule has 1 aromatic carbocycles. The van der Waals surface area contributed by atoms with Crippen LogP contribution in [-0.4, -0.2) is 15.3 Å². The zero-order valence-corrected chi connectivity index (χ0v) is 15.9. The van der Waals surface area contributed by atoms with Gasteiger partial charge in [-0.1, -0.05) is 0 Å². The number of hydrogen-bond acceptors (Lipinski definition) is 3. The topological polar surface area (TPSA) is 96.3 Å². The van der Waals surface area contributed by atoms with Crippen molar-refractivity contribution in [3.63, 3.8) is 0 Å². The molecular weight excluding hydrogens is 363 g/mol. The smallest absolute Gasteiger partial charge is 0.163 e. The van der Waals surface area contributed by atoms with E-state index >= 15 is 0 Å². The summed E-state index contributed by atoms with van der Waals surface area (Å²) in [6.45, 7) is 6.68. The maximum atomic E-state index is 10.2. The number of phenolic OH excluding ortho intramolecular Hbond substituents is 1. The van der Waals surface area contributed by atoms with Crippen molar-refractivity contribution in [2.24, 2.45) is 11.5 Å². The van der Waals surface area contributed by atoms with Crippen molar-refractivity contribution in [3.8, 4) is 5.75 Å². The third kappa shape index (κ3) is 5.64. The fourth-order valence-corrected chi connectivity index (χ4v) is 2.34. The molecule has 0 bridgehead atoms. The van der Waals surface area contributed by atoms with Gasteiger partial charge in [0.25, 0.3) is 0 Å². The first-order valence-electron chi connectivity index (χ1n) is 6.12. The van der Waals surface area contributed by atoms with E-state index in [1.54, 1.807) is 0 Å². The fraction of sp³-hybridized carbons (Fsp3) is 0.385. The van der Waals surface area contributed by atoms with Crippen LogP contribution in [0.2, 0.25) is 0 Å². The number of phenols is 1. The highest BCUT2D eigenvalue weighted by Gasteiger charge is 2.16. The predicted molar refractivity (Wildman–Crippen MR) is 104 cm³/mol. The number of rotatable bonds is 4. The van der Waals surface area contributed by atoms with Crippen molar-refractivity contribution in [1.82, 2.24) is 10.6 Å². The molecule has 5 nitrogen and oxygen atoms in total. The standard InChI is InChI=1S/C13H20N4OS2.2ClH/c1-6-9(4-16-12(14)19)7(2)11(18)8(3)10(6)5-17-13(15)20;;/h18H,4-5H2,1-3H3,(H3,14,16,19)(H3,15,17,20);2*1H. The summed E-state index contributed by atoms with van der Waals surface area (Å²) in [6.07, 6.45) is 0. The molecule has 22 heavy (non-hydrogen) atoms. The number of benzene rings is 1. The van der Waals surface area contributed by atoms with Gasteiger partial charge in [0.2, 0.25) is 0 Å². The average Bonchev–Trinajstić information content (AvgIpc) is 2.35. The maximum absolute atomic E-state index is 10.2. The van der Waals surface area contributed by atoms with Crippen LogP contribution in [-0.2, 0) is 13.1 Å². The van der Waals surface area contributed by atoms with Crippen LogP contribution in [0.5, 0.6) is 5.75 Å². The highest BCUT2D eigenvalue weighted by molar-refractivity contribution is 7.80. The molecule has 0 unspecified atom stereocenters. The quantitative estimate of drug-likeness (QED) is 0.505. The number of thiocarbonyl (C=S) groups is 2. The Labute approximate surface area is 154 Å². The van der Waals surface area contributed by atoms with E-state index in [0.717, 1.165) is 27.8 Å². The molecule has 1 aromatic rings. The maximum Gasteiger partial charge on any atom is 0.163 e. The summed E-state index contributed by atoms with van der Waals surface area (Å²) in [5, 5.41) is 16.5. The Morgan fingerprint density at radius 3 is 1.45 bits per heavy atom. The number of hydrogen-bond donors (Lipinski definition) is 5. The molecule has 0 heterocycles. The van der Waals surface area contributed by atoms with Gasteiger partial charge in [-0.15, -0.1) is 24.8 Å². The van der Waals surface area contributed by atoms with Crippen molar-refractivity contribution >= 4 is 59.5 Å². The molecule has 0 aromatic heterocycles. The van der Waals surface area contributed by atoms with E-state index in [1.807, 2.05) is 20.8 Å². The molecule has 0 aliphatic carbocycles. The van der Waals surface area contributed by atoms with Gasteiger partial charge in [0.1, 0.15) is 5.75 Å². The van der Waals surface area contributed by atoms with Gasteiger partial charge in [-0.25, -0.2) is 0 Å². The minimum absolute atomic E-state index is 0. The van der Waals surface area contributed by atoms with Crippen LogP contribution in [0.15, 0.2) is 0 Å². The van der Waals surface area contributed by atoms with Gasteiger partial charge in [0.15, 0.2) is 10.2 Å². The summed E-state index contributed by atoms with van der Waals surface area (Å²) < 4.78 is 0. The molecule has 0 aliphatic heterocycles. The second kappa shape index (κ2) is 9.89. The van der Waals surface area contributed by atoms with Gasteiger partial charge in [0.05, 0.1) is 0 Å². The second-order valence-electron chi connectivity index (χ2n) is 4.62. The molecule has 0 saturated heterocycles. The minimum atomic E-state index is 0. The molecule has 0 spiro atoms. The molecule has 1 rings (SSSR count). The van der Waals surface area contributed by atoms with Crippen LogP contribution < -0.4 is 22.1 Å². The van der Waals surface area contributed by atoms with Crippen LogP contribution >= 0.6 is 49.2 Å². The number of nitrogens with one attached hydrogen (secondary N) is 2. The zero-order chi connectivity index (χ0) is 15.4. The third-order valence-corrected chi connectivity index (χ3v) is 3.69. The lowest BCUT2D eigenvalue weighted by Crippen LogP contribution is -2.30. The van der Waals surface area contributed by atoms with Crippen molar-refractivity contribution in [3.05, 3.63) is 27.8 Å². The SMILES string of the molecule is Cc1c(O)c(C)c(CNC(N)=S)c(C)c1CNC(N)=S.Cl.Cl. The lowest BCUT2D eigenvalue weighted by molar-refractivity contribution is 0.464. The van der Waals surface area contributed by atoms with Crippen molar-refractivity contribution in [2.45, 2.75) is 33.9 Å².